The van der Waals surface area contributed by atoms with Crippen LogP contribution in [-0.4, -0.2) is 38.1 Å². The van der Waals surface area contributed by atoms with Gasteiger partial charge in [-0.1, -0.05) is 237 Å². The SMILES string of the molecule is CCCCCCCCCCCCCCCCCC/C=C/CCCOC(=O)c1cccc(S(=O)(=O)O)c1C(=O)OCCC/C=C/CCCCCCCCCCCCCCCCCC. The molecule has 0 heterocycles. The summed E-state index contributed by atoms with van der Waals surface area (Å²) in [5.41, 5.74) is -0.722. The van der Waals surface area contributed by atoms with E-state index in [0.717, 1.165) is 31.7 Å². The molecule has 1 aromatic carbocycles. The maximum Gasteiger partial charge on any atom is 0.340 e. The number of rotatable bonds is 45. The van der Waals surface area contributed by atoms with Gasteiger partial charge in [-0.2, -0.15) is 8.42 Å². The minimum atomic E-state index is -4.79. The first kappa shape index (κ1) is 57.6. The van der Waals surface area contributed by atoms with Gasteiger partial charge in [0, 0.05) is 0 Å². The van der Waals surface area contributed by atoms with Gasteiger partial charge in [-0.3, -0.25) is 4.55 Å². The molecule has 0 saturated heterocycles. The number of allylic oxidation sites excluding steroid dienone is 4. The van der Waals surface area contributed by atoms with E-state index in [9.17, 15) is 22.6 Å². The number of benzene rings is 1. The molecule has 0 saturated carbocycles. The lowest BCUT2D eigenvalue weighted by atomic mass is 10.0. The maximum absolute atomic E-state index is 13.1. The van der Waals surface area contributed by atoms with E-state index in [1.165, 1.54) is 218 Å². The molecule has 358 valence electrons. The fourth-order valence-electron chi connectivity index (χ4n) is 8.10. The first-order valence-electron chi connectivity index (χ1n) is 26.1. The molecule has 7 nitrogen and oxygen atoms in total. The van der Waals surface area contributed by atoms with Gasteiger partial charge in [0.1, 0.15) is 4.90 Å². The van der Waals surface area contributed by atoms with E-state index in [1.54, 1.807) is 0 Å². The van der Waals surface area contributed by atoms with Crippen molar-refractivity contribution < 1.29 is 32.0 Å². The van der Waals surface area contributed by atoms with Crippen LogP contribution in [0.15, 0.2) is 47.4 Å². The highest BCUT2D eigenvalue weighted by atomic mass is 32.2. The molecule has 0 amide bonds. The van der Waals surface area contributed by atoms with Crippen molar-refractivity contribution in [3.63, 3.8) is 0 Å². The summed E-state index contributed by atoms with van der Waals surface area (Å²) < 4.78 is 44.9. The predicted molar refractivity (Wildman–Crippen MR) is 262 cm³/mol. The van der Waals surface area contributed by atoms with Crippen LogP contribution in [-0.2, 0) is 19.6 Å². The van der Waals surface area contributed by atoms with Gasteiger partial charge < -0.3 is 9.47 Å². The van der Waals surface area contributed by atoms with Crippen molar-refractivity contribution in [2.45, 2.75) is 263 Å². The lowest BCUT2D eigenvalue weighted by Gasteiger charge is -2.12. The van der Waals surface area contributed by atoms with E-state index in [4.69, 9.17) is 9.47 Å². The third kappa shape index (κ3) is 34.0. The molecular formula is C54H94O7S. The van der Waals surface area contributed by atoms with Crippen LogP contribution in [0.2, 0.25) is 0 Å². The Morgan fingerprint density at radius 2 is 0.726 bits per heavy atom. The Balaban J connectivity index is 2.17. The van der Waals surface area contributed by atoms with Crippen LogP contribution in [0.1, 0.15) is 279 Å². The van der Waals surface area contributed by atoms with Gasteiger partial charge in [0.25, 0.3) is 10.1 Å². The third-order valence-electron chi connectivity index (χ3n) is 12.0. The monoisotopic (exact) mass is 887 g/mol. The molecule has 0 atom stereocenters. The Labute approximate surface area is 382 Å². The zero-order chi connectivity index (χ0) is 45.0. The molecule has 8 heteroatoms. The molecule has 0 aliphatic carbocycles. The number of ether oxygens (including phenoxy) is 2. The minimum Gasteiger partial charge on any atom is -0.462 e. The molecule has 0 aromatic heterocycles. The van der Waals surface area contributed by atoms with Crippen LogP contribution >= 0.6 is 0 Å². The number of hydrogen-bond acceptors (Lipinski definition) is 6. The normalized spacial score (nSPS) is 11.9. The lowest BCUT2D eigenvalue weighted by Crippen LogP contribution is -2.19. The van der Waals surface area contributed by atoms with Crippen molar-refractivity contribution in [2.24, 2.45) is 0 Å². The number of esters is 2. The van der Waals surface area contributed by atoms with Gasteiger partial charge in [0.05, 0.1) is 24.3 Å². The van der Waals surface area contributed by atoms with Crippen LogP contribution in [0.25, 0.3) is 0 Å². The fourth-order valence-corrected chi connectivity index (χ4v) is 8.80. The molecule has 1 aromatic rings. The average Bonchev–Trinajstić information content (AvgIpc) is 3.26. The largest absolute Gasteiger partial charge is 0.462 e. The van der Waals surface area contributed by atoms with Crippen molar-refractivity contribution in [2.75, 3.05) is 13.2 Å². The second kappa shape index (κ2) is 42.5. The fraction of sp³-hybridized carbons (Fsp3) is 0.778. The average molecular weight is 887 g/mol. The Morgan fingerprint density at radius 3 is 1.05 bits per heavy atom. The van der Waals surface area contributed by atoms with Gasteiger partial charge in [0.15, 0.2) is 0 Å². The van der Waals surface area contributed by atoms with Crippen molar-refractivity contribution in [1.29, 1.82) is 0 Å². The van der Waals surface area contributed by atoms with E-state index in [2.05, 4.69) is 38.2 Å². The zero-order valence-corrected chi connectivity index (χ0v) is 40.9. The van der Waals surface area contributed by atoms with Crippen molar-refractivity contribution in [1.82, 2.24) is 0 Å². The Kier molecular flexibility index (Phi) is 39.5. The highest BCUT2D eigenvalue weighted by Crippen LogP contribution is 2.23. The van der Waals surface area contributed by atoms with E-state index in [-0.39, 0.29) is 18.8 Å². The molecule has 62 heavy (non-hydrogen) atoms. The van der Waals surface area contributed by atoms with E-state index >= 15 is 0 Å². The van der Waals surface area contributed by atoms with Crippen molar-refractivity contribution in [3.8, 4) is 0 Å². The molecule has 0 spiro atoms. The Bertz CT molecular complexity index is 1370. The molecular weight excluding hydrogens is 793 g/mol. The summed E-state index contributed by atoms with van der Waals surface area (Å²) in [6.45, 7) is 4.73. The third-order valence-corrected chi connectivity index (χ3v) is 12.9. The van der Waals surface area contributed by atoms with E-state index in [0.29, 0.717) is 12.8 Å². The minimum absolute atomic E-state index is 0.0578. The zero-order valence-electron chi connectivity index (χ0n) is 40.1. The Hall–Kier alpha value is -2.45. The molecule has 0 aliphatic rings. The lowest BCUT2D eigenvalue weighted by molar-refractivity contribution is 0.0450. The summed E-state index contributed by atoms with van der Waals surface area (Å²) in [6, 6.07) is 3.73. The van der Waals surface area contributed by atoms with Crippen LogP contribution in [0.4, 0.5) is 0 Å². The van der Waals surface area contributed by atoms with Crippen molar-refractivity contribution in [3.05, 3.63) is 53.6 Å². The second-order valence-corrected chi connectivity index (χ2v) is 19.2. The van der Waals surface area contributed by atoms with Crippen LogP contribution in [0, 0.1) is 0 Å². The smallest absolute Gasteiger partial charge is 0.340 e. The van der Waals surface area contributed by atoms with E-state index < -0.39 is 32.5 Å². The standard InChI is InChI=1S/C54H94O7S/c1-3-5-7-9-11-13-15-17-19-21-23-25-27-29-31-33-35-37-39-41-43-48-60-53(55)50-46-45-47-51(62(57,58)59)52(50)54(56)61-49-44-42-40-38-36-34-32-30-28-26-24-22-20-18-16-14-12-10-8-6-4-2/h37-40,45-47H,3-36,41-44,48-49H2,1-2H3,(H,57,58,59)/b39-37+,40-38+. The summed E-state index contributed by atoms with van der Waals surface area (Å²) in [4.78, 5) is 25.4. The first-order valence-corrected chi connectivity index (χ1v) is 27.5. The van der Waals surface area contributed by atoms with E-state index in [1.807, 2.05) is 0 Å². The Morgan fingerprint density at radius 1 is 0.435 bits per heavy atom. The van der Waals surface area contributed by atoms with Gasteiger partial charge in [-0.15, -0.1) is 0 Å². The summed E-state index contributed by atoms with van der Waals surface area (Å²) in [5, 5.41) is 0. The second-order valence-electron chi connectivity index (χ2n) is 17.8. The molecule has 0 bridgehead atoms. The number of hydrogen-bond donors (Lipinski definition) is 1. The van der Waals surface area contributed by atoms with Gasteiger partial charge >= 0.3 is 11.9 Å². The quantitative estimate of drug-likeness (QED) is 0.0301. The topological polar surface area (TPSA) is 107 Å². The molecule has 1 N–H and O–H groups in total. The molecule has 1 rings (SSSR count). The summed E-state index contributed by atoms with van der Waals surface area (Å²) in [6.07, 6.45) is 56.8. The van der Waals surface area contributed by atoms with Crippen LogP contribution in [0.3, 0.4) is 0 Å². The van der Waals surface area contributed by atoms with Crippen molar-refractivity contribution >= 4 is 22.1 Å². The first-order chi connectivity index (χ1) is 30.3. The maximum atomic E-state index is 13.1. The van der Waals surface area contributed by atoms with Crippen LogP contribution in [0.5, 0.6) is 0 Å². The highest BCUT2D eigenvalue weighted by molar-refractivity contribution is 7.86. The number of carbonyl (C=O) groups excluding carboxylic acids is 2. The summed E-state index contributed by atoms with van der Waals surface area (Å²) >= 11 is 0. The number of unbranched alkanes of at least 4 members (excludes halogenated alkanes) is 34. The number of carbonyl (C=O) groups is 2. The van der Waals surface area contributed by atoms with Gasteiger partial charge in [-0.05, 0) is 63.5 Å². The predicted octanol–water partition coefficient (Wildman–Crippen LogP) is 17.2. The summed E-state index contributed by atoms with van der Waals surface area (Å²) in [5.74, 6) is -1.80. The van der Waals surface area contributed by atoms with Crippen LogP contribution < -0.4 is 0 Å². The molecule has 0 fully saturated rings. The molecule has 0 unspecified atom stereocenters. The molecule has 0 aliphatic heterocycles. The highest BCUT2D eigenvalue weighted by Gasteiger charge is 2.28. The molecule has 0 radical (unpaired) electrons. The van der Waals surface area contributed by atoms with Gasteiger partial charge in [0.2, 0.25) is 0 Å². The summed E-state index contributed by atoms with van der Waals surface area (Å²) in [7, 11) is -4.79. The van der Waals surface area contributed by atoms with Gasteiger partial charge in [-0.25, -0.2) is 9.59 Å².